The Balaban J connectivity index is 2.07. The summed E-state index contributed by atoms with van der Waals surface area (Å²) in [6.07, 6.45) is 7.62. The Labute approximate surface area is 134 Å². The van der Waals surface area contributed by atoms with Gasteiger partial charge in [-0.3, -0.25) is 4.79 Å². The molecule has 3 heteroatoms. The van der Waals surface area contributed by atoms with Gasteiger partial charge in [0.15, 0.2) is 0 Å². The molecule has 0 unspecified atom stereocenters. The van der Waals surface area contributed by atoms with Crippen LogP contribution in [0.2, 0.25) is 0 Å². The molecule has 2 N–H and O–H groups in total. The number of carbonyl (C=O) groups excluding carboxylic acids is 1. The molecule has 1 amide bonds. The molecule has 0 saturated heterocycles. The van der Waals surface area contributed by atoms with Gasteiger partial charge in [-0.15, -0.1) is 6.58 Å². The van der Waals surface area contributed by atoms with Gasteiger partial charge in [0, 0.05) is 13.1 Å². The third-order valence-electron chi connectivity index (χ3n) is 4.73. The van der Waals surface area contributed by atoms with Crippen molar-refractivity contribution in [1.82, 2.24) is 4.90 Å². The number of hydrogen-bond acceptors (Lipinski definition) is 2. The number of rotatable bonds is 6. The molecule has 3 nitrogen and oxygen atoms in total. The van der Waals surface area contributed by atoms with Crippen molar-refractivity contribution in [2.24, 2.45) is 11.7 Å². The smallest absolute Gasteiger partial charge is 0.240 e. The van der Waals surface area contributed by atoms with Crippen molar-refractivity contribution in [2.45, 2.75) is 51.6 Å². The van der Waals surface area contributed by atoms with E-state index in [0.29, 0.717) is 19.0 Å². The van der Waals surface area contributed by atoms with Crippen LogP contribution in [0.25, 0.3) is 0 Å². The second-order valence-electron chi connectivity index (χ2n) is 6.36. The predicted molar refractivity (Wildman–Crippen MR) is 91.3 cm³/mol. The van der Waals surface area contributed by atoms with Gasteiger partial charge >= 0.3 is 0 Å². The van der Waals surface area contributed by atoms with Crippen molar-refractivity contribution >= 4 is 5.91 Å². The first kappa shape index (κ1) is 16.8. The molecular weight excluding hydrogens is 272 g/mol. The minimum atomic E-state index is -0.371. The fourth-order valence-electron chi connectivity index (χ4n) is 3.29. The molecule has 0 aromatic heterocycles. The second kappa shape index (κ2) is 8.14. The molecule has 1 saturated carbocycles. The molecule has 0 bridgehead atoms. The number of carbonyl (C=O) groups is 1. The van der Waals surface area contributed by atoms with Crippen LogP contribution < -0.4 is 5.73 Å². The van der Waals surface area contributed by atoms with Crippen LogP contribution in [0.4, 0.5) is 0 Å². The zero-order valence-electron chi connectivity index (χ0n) is 13.6. The maximum Gasteiger partial charge on any atom is 0.240 e. The van der Waals surface area contributed by atoms with Crippen molar-refractivity contribution in [3.63, 3.8) is 0 Å². The normalized spacial score (nSPS) is 17.0. The fraction of sp³-hybridized carbons (Fsp3) is 0.526. The summed E-state index contributed by atoms with van der Waals surface area (Å²) in [5.41, 5.74) is 8.67. The van der Waals surface area contributed by atoms with Gasteiger partial charge in [-0.05, 0) is 36.8 Å². The van der Waals surface area contributed by atoms with Gasteiger partial charge in [0.1, 0.15) is 0 Å². The Morgan fingerprint density at radius 3 is 2.68 bits per heavy atom. The molecule has 1 atom stereocenters. The molecule has 120 valence electrons. The van der Waals surface area contributed by atoms with E-state index in [-0.39, 0.29) is 11.9 Å². The van der Waals surface area contributed by atoms with Gasteiger partial charge in [0.25, 0.3) is 0 Å². The molecule has 0 aliphatic heterocycles. The maximum absolute atomic E-state index is 12.8. The van der Waals surface area contributed by atoms with Crippen LogP contribution >= 0.6 is 0 Å². The lowest BCUT2D eigenvalue weighted by atomic mass is 9.83. The Hall–Kier alpha value is -1.61. The van der Waals surface area contributed by atoms with Crippen molar-refractivity contribution < 1.29 is 4.79 Å². The first-order valence-electron chi connectivity index (χ1n) is 8.33. The average Bonchev–Trinajstić information content (AvgIpc) is 2.56. The Morgan fingerprint density at radius 1 is 1.36 bits per heavy atom. The van der Waals surface area contributed by atoms with Crippen LogP contribution in [0, 0.1) is 12.8 Å². The van der Waals surface area contributed by atoms with E-state index >= 15 is 0 Å². The quantitative estimate of drug-likeness (QED) is 0.818. The second-order valence-corrected chi connectivity index (χ2v) is 6.36. The summed E-state index contributed by atoms with van der Waals surface area (Å²) in [6.45, 7) is 7.02. The van der Waals surface area contributed by atoms with Crippen LogP contribution in [0.15, 0.2) is 36.9 Å². The third kappa shape index (κ3) is 4.20. The highest BCUT2D eigenvalue weighted by molar-refractivity contribution is 5.82. The van der Waals surface area contributed by atoms with E-state index in [1.54, 1.807) is 6.08 Å². The van der Waals surface area contributed by atoms with E-state index in [4.69, 9.17) is 5.73 Å². The molecule has 0 radical (unpaired) electrons. The first-order chi connectivity index (χ1) is 10.6. The van der Waals surface area contributed by atoms with Gasteiger partial charge < -0.3 is 10.6 Å². The third-order valence-corrected chi connectivity index (χ3v) is 4.73. The molecule has 1 aliphatic carbocycles. The summed E-state index contributed by atoms with van der Waals surface area (Å²) in [4.78, 5) is 14.6. The van der Waals surface area contributed by atoms with Crippen molar-refractivity contribution in [3.05, 3.63) is 48.0 Å². The number of amides is 1. The van der Waals surface area contributed by atoms with E-state index in [9.17, 15) is 4.79 Å². The highest BCUT2D eigenvalue weighted by Gasteiger charge is 2.29. The summed E-state index contributed by atoms with van der Waals surface area (Å²) < 4.78 is 0. The van der Waals surface area contributed by atoms with Crippen molar-refractivity contribution in [3.8, 4) is 0 Å². The van der Waals surface area contributed by atoms with Gasteiger partial charge in [-0.2, -0.15) is 0 Å². The van der Waals surface area contributed by atoms with E-state index < -0.39 is 0 Å². The standard InChI is InChI=1S/C19H28N2O/c1-3-13-21(14-17-12-8-7-9-15(17)2)19(22)18(20)16-10-5-4-6-11-16/h3,7-9,12,16,18H,1,4-6,10-11,13-14,20H2,2H3/t18-/m1/s1. The largest absolute Gasteiger partial charge is 0.333 e. The summed E-state index contributed by atoms with van der Waals surface area (Å²) in [7, 11) is 0. The molecule has 1 aromatic rings. The number of nitrogens with zero attached hydrogens (tertiary/aromatic N) is 1. The van der Waals surface area contributed by atoms with Gasteiger partial charge in [-0.25, -0.2) is 0 Å². The van der Waals surface area contributed by atoms with Crippen LogP contribution in [0.5, 0.6) is 0 Å². The zero-order valence-corrected chi connectivity index (χ0v) is 13.6. The summed E-state index contributed by atoms with van der Waals surface area (Å²) in [5, 5.41) is 0. The SMILES string of the molecule is C=CCN(Cc1ccccc1C)C(=O)[C@H](N)C1CCCCC1. The minimum Gasteiger partial charge on any atom is -0.333 e. The summed E-state index contributed by atoms with van der Waals surface area (Å²) in [5.74, 6) is 0.403. The molecule has 1 aromatic carbocycles. The Bertz CT molecular complexity index is 506. The number of nitrogens with two attached hydrogens (primary N) is 1. The van der Waals surface area contributed by atoms with E-state index in [1.807, 2.05) is 17.0 Å². The topological polar surface area (TPSA) is 46.3 Å². The van der Waals surface area contributed by atoms with Crippen LogP contribution in [0.3, 0.4) is 0 Å². The lowest BCUT2D eigenvalue weighted by Gasteiger charge is -2.31. The summed E-state index contributed by atoms with van der Waals surface area (Å²) >= 11 is 0. The predicted octanol–water partition coefficient (Wildman–Crippen LogP) is 3.42. The molecule has 0 spiro atoms. The van der Waals surface area contributed by atoms with Gasteiger partial charge in [0.05, 0.1) is 6.04 Å². The lowest BCUT2D eigenvalue weighted by molar-refractivity contribution is -0.134. The molecule has 1 fully saturated rings. The summed E-state index contributed by atoms with van der Waals surface area (Å²) in [6, 6.07) is 7.81. The van der Waals surface area contributed by atoms with Gasteiger partial charge in [-0.1, -0.05) is 49.6 Å². The molecule has 1 aliphatic rings. The van der Waals surface area contributed by atoms with E-state index in [1.165, 1.54) is 30.4 Å². The molecule has 2 rings (SSSR count). The lowest BCUT2D eigenvalue weighted by Crippen LogP contribution is -2.48. The fourth-order valence-corrected chi connectivity index (χ4v) is 3.29. The van der Waals surface area contributed by atoms with Crippen molar-refractivity contribution in [1.29, 1.82) is 0 Å². The van der Waals surface area contributed by atoms with E-state index in [2.05, 4.69) is 25.6 Å². The first-order valence-corrected chi connectivity index (χ1v) is 8.33. The number of hydrogen-bond donors (Lipinski definition) is 1. The average molecular weight is 300 g/mol. The highest BCUT2D eigenvalue weighted by Crippen LogP contribution is 2.26. The Kier molecular flexibility index (Phi) is 6.20. The molecular formula is C19H28N2O. The van der Waals surface area contributed by atoms with Crippen LogP contribution in [0.1, 0.15) is 43.2 Å². The number of benzene rings is 1. The van der Waals surface area contributed by atoms with Crippen LogP contribution in [-0.4, -0.2) is 23.4 Å². The Morgan fingerprint density at radius 2 is 2.05 bits per heavy atom. The van der Waals surface area contributed by atoms with Gasteiger partial charge in [0.2, 0.25) is 5.91 Å². The minimum absolute atomic E-state index is 0.0649. The maximum atomic E-state index is 12.8. The van der Waals surface area contributed by atoms with Crippen molar-refractivity contribution in [2.75, 3.05) is 6.54 Å². The highest BCUT2D eigenvalue weighted by atomic mass is 16.2. The monoisotopic (exact) mass is 300 g/mol. The molecule has 0 heterocycles. The zero-order chi connectivity index (χ0) is 15.9. The molecule has 22 heavy (non-hydrogen) atoms. The van der Waals surface area contributed by atoms with E-state index in [0.717, 1.165) is 12.8 Å². The number of aryl methyl sites for hydroxylation is 1. The van der Waals surface area contributed by atoms with Crippen LogP contribution in [-0.2, 0) is 11.3 Å².